The van der Waals surface area contributed by atoms with E-state index in [0.29, 0.717) is 11.3 Å². The van der Waals surface area contributed by atoms with Crippen molar-refractivity contribution in [1.82, 2.24) is 9.13 Å². The van der Waals surface area contributed by atoms with Gasteiger partial charge in [-0.25, -0.2) is 0 Å². The van der Waals surface area contributed by atoms with Crippen LogP contribution in [0.5, 0.6) is 0 Å². The molecule has 0 bridgehead atoms. The quantitative estimate of drug-likeness (QED) is 0.177. The Bertz CT molecular complexity index is 3240. The molecule has 2 nitrogen and oxygen atoms in total. The Kier molecular flexibility index (Phi) is 5.08. The first-order valence-corrected chi connectivity index (χ1v) is 16.6. The third-order valence-corrected chi connectivity index (χ3v) is 9.54. The van der Waals surface area contributed by atoms with Crippen molar-refractivity contribution >= 4 is 43.6 Å². The summed E-state index contributed by atoms with van der Waals surface area (Å²) in [6.07, 6.45) is 0. The molecule has 0 atom stereocenters. The second kappa shape index (κ2) is 11.5. The summed E-state index contributed by atoms with van der Waals surface area (Å²) in [6, 6.07) is 48.5. The fraction of sp³-hybridized carbons (Fsp3) is 0. The van der Waals surface area contributed by atoms with Gasteiger partial charge in [-0.3, -0.25) is 0 Å². The summed E-state index contributed by atoms with van der Waals surface area (Å²) in [5.74, 6) is 0. The predicted octanol–water partition coefficient (Wildman–Crippen LogP) is 12.9. The Balaban J connectivity index is 1.28. The van der Waals surface area contributed by atoms with E-state index in [9.17, 15) is 4.11 Å². The molecule has 0 N–H and O–H groups in total. The molecule has 0 unspecified atom stereocenters. The summed E-state index contributed by atoms with van der Waals surface area (Å²) in [5, 5.41) is 2.26. The number of para-hydroxylation sites is 2. The molecule has 0 amide bonds. The Morgan fingerprint density at radius 1 is 0.320 bits per heavy atom. The highest BCUT2D eigenvalue weighted by Crippen LogP contribution is 2.40. The van der Waals surface area contributed by atoms with Crippen LogP contribution in [0.3, 0.4) is 0 Å². The fourth-order valence-corrected chi connectivity index (χ4v) is 7.22. The molecule has 0 aliphatic heterocycles. The Hall–Kier alpha value is -6.64. The average Bonchev–Trinajstić information content (AvgIpc) is 3.79. The van der Waals surface area contributed by atoms with Crippen LogP contribution in [-0.4, -0.2) is 9.13 Å². The maximum Gasteiger partial charge on any atom is 0.0645 e. The largest absolute Gasteiger partial charge is 0.309 e. The van der Waals surface area contributed by atoms with Crippen LogP contribution in [-0.2, 0) is 0 Å². The minimum absolute atomic E-state index is 0.0701. The third-order valence-electron chi connectivity index (χ3n) is 9.54. The van der Waals surface area contributed by atoms with Crippen LogP contribution in [0.2, 0.25) is 0 Å². The van der Waals surface area contributed by atoms with Crippen molar-refractivity contribution in [1.29, 1.82) is 0 Å². The van der Waals surface area contributed by atoms with Crippen molar-refractivity contribution < 1.29 is 9.60 Å². The van der Waals surface area contributed by atoms with Gasteiger partial charge in [-0.1, -0.05) is 127 Å². The summed E-state index contributed by atoms with van der Waals surface area (Å²) in [4.78, 5) is 0. The van der Waals surface area contributed by atoms with Crippen molar-refractivity contribution in [2.75, 3.05) is 0 Å². The topological polar surface area (TPSA) is 9.86 Å². The minimum atomic E-state index is -0.415. The van der Waals surface area contributed by atoms with Gasteiger partial charge in [-0.15, -0.1) is 0 Å². The monoisotopic (exact) mass is 643 g/mol. The molecule has 10 rings (SSSR count). The van der Waals surface area contributed by atoms with Crippen molar-refractivity contribution in [2.24, 2.45) is 0 Å². The van der Waals surface area contributed by atoms with E-state index in [4.69, 9.17) is 5.48 Å². The lowest BCUT2D eigenvalue weighted by Gasteiger charge is -2.11. The third kappa shape index (κ3) is 4.57. The zero-order valence-electron chi connectivity index (χ0n) is 33.8. The summed E-state index contributed by atoms with van der Waals surface area (Å²) >= 11 is 0. The molecule has 0 saturated carbocycles. The standard InChI is InChI=1S/C48H32N2/c1-4-13-33(14-5-1)35-17-12-20-40(29-35)50-47-26-23-36(34-15-6-2-7-16-34)30-43(47)44-32-38(25-28-48(44)50)37-24-27-46-42(31-37)41-21-10-11-22-45(41)49(46)39-18-8-3-9-19-39/h1-32H/i10D,11D,21D,22D,24D,27D,31D. The van der Waals surface area contributed by atoms with Gasteiger partial charge in [0, 0.05) is 32.9 Å². The summed E-state index contributed by atoms with van der Waals surface area (Å²) in [6.45, 7) is 0. The maximum atomic E-state index is 9.75. The molecule has 234 valence electrons. The first-order valence-electron chi connectivity index (χ1n) is 20.1. The van der Waals surface area contributed by atoms with Crippen LogP contribution in [0.4, 0.5) is 0 Å². The van der Waals surface area contributed by atoms with Crippen LogP contribution in [0.15, 0.2) is 194 Å². The van der Waals surface area contributed by atoms with Crippen molar-refractivity contribution in [3.63, 3.8) is 0 Å². The van der Waals surface area contributed by atoms with Crippen molar-refractivity contribution in [3.05, 3.63) is 194 Å². The molecule has 2 heteroatoms. The smallest absolute Gasteiger partial charge is 0.0645 e. The van der Waals surface area contributed by atoms with Crippen LogP contribution >= 0.6 is 0 Å². The van der Waals surface area contributed by atoms with E-state index in [1.165, 1.54) is 0 Å². The highest BCUT2D eigenvalue weighted by molar-refractivity contribution is 6.13. The number of aromatic nitrogens is 2. The van der Waals surface area contributed by atoms with E-state index >= 15 is 0 Å². The highest BCUT2D eigenvalue weighted by Gasteiger charge is 2.17. The van der Waals surface area contributed by atoms with Gasteiger partial charge in [-0.2, -0.15) is 0 Å². The van der Waals surface area contributed by atoms with Gasteiger partial charge in [0.15, 0.2) is 0 Å². The molecule has 0 fully saturated rings. The van der Waals surface area contributed by atoms with Gasteiger partial charge in [0.25, 0.3) is 0 Å². The Morgan fingerprint density at radius 3 is 1.52 bits per heavy atom. The summed E-state index contributed by atoms with van der Waals surface area (Å²) in [5.41, 5.74) is 8.96. The normalized spacial score (nSPS) is 13.6. The number of rotatable bonds is 5. The van der Waals surface area contributed by atoms with Crippen LogP contribution in [0, 0.1) is 0 Å². The lowest BCUT2D eigenvalue weighted by Crippen LogP contribution is -1.94. The molecule has 50 heavy (non-hydrogen) atoms. The zero-order valence-corrected chi connectivity index (χ0v) is 26.8. The van der Waals surface area contributed by atoms with Gasteiger partial charge in [0.1, 0.15) is 0 Å². The average molecular weight is 644 g/mol. The Labute approximate surface area is 300 Å². The molecular formula is C48H32N2. The molecule has 2 heterocycles. The number of hydrogen-bond donors (Lipinski definition) is 0. The first kappa shape index (κ1) is 22.1. The van der Waals surface area contributed by atoms with E-state index in [2.05, 4.69) is 71.3 Å². The molecule has 8 aromatic carbocycles. The molecule has 0 radical (unpaired) electrons. The fourth-order valence-electron chi connectivity index (χ4n) is 7.22. The molecule has 0 aliphatic carbocycles. The number of benzene rings is 8. The Morgan fingerprint density at radius 2 is 0.840 bits per heavy atom. The highest BCUT2D eigenvalue weighted by atomic mass is 15.0. The molecule has 0 spiro atoms. The molecule has 10 aromatic rings. The van der Waals surface area contributed by atoms with Crippen LogP contribution in [0.1, 0.15) is 9.60 Å². The lowest BCUT2D eigenvalue weighted by atomic mass is 9.99. The van der Waals surface area contributed by atoms with Crippen LogP contribution in [0.25, 0.3) is 88.4 Å². The van der Waals surface area contributed by atoms with E-state index < -0.39 is 12.1 Å². The SMILES string of the molecule is [2H]c1c([2H])c([2H])c2c(c1[2H])c1c([2H])c(-c3ccc4c(c3)c3cc(-c5ccccc5)ccc3n4-c3cccc(-c4ccccc4)c3)c([2H])c([2H])c1n2-c1ccccc1. The van der Waals surface area contributed by atoms with E-state index in [-0.39, 0.29) is 57.6 Å². The zero-order chi connectivity index (χ0) is 39.1. The lowest BCUT2D eigenvalue weighted by molar-refractivity contribution is 1.18. The number of hydrogen-bond acceptors (Lipinski definition) is 0. The minimum Gasteiger partial charge on any atom is -0.309 e. The van der Waals surface area contributed by atoms with Crippen molar-refractivity contribution in [2.45, 2.75) is 0 Å². The van der Waals surface area contributed by atoms with E-state index in [1.54, 1.807) is 16.7 Å². The second-order valence-electron chi connectivity index (χ2n) is 12.4. The summed E-state index contributed by atoms with van der Waals surface area (Å²) in [7, 11) is 0. The first-order chi connectivity index (χ1) is 27.7. The van der Waals surface area contributed by atoms with Gasteiger partial charge >= 0.3 is 0 Å². The van der Waals surface area contributed by atoms with E-state index in [0.717, 1.165) is 49.7 Å². The molecular weight excluding hydrogens is 605 g/mol. The summed E-state index contributed by atoms with van der Waals surface area (Å²) < 4.78 is 67.6. The maximum absolute atomic E-state index is 9.75. The number of nitrogens with zero attached hydrogens (tertiary/aromatic N) is 2. The van der Waals surface area contributed by atoms with Gasteiger partial charge in [0.05, 0.1) is 31.7 Å². The van der Waals surface area contributed by atoms with Gasteiger partial charge in [0.2, 0.25) is 0 Å². The van der Waals surface area contributed by atoms with Crippen LogP contribution < -0.4 is 0 Å². The molecule has 0 aliphatic rings. The van der Waals surface area contributed by atoms with Gasteiger partial charge in [-0.05, 0) is 100 Å². The second-order valence-corrected chi connectivity index (χ2v) is 12.4. The van der Waals surface area contributed by atoms with E-state index in [1.807, 2.05) is 72.8 Å². The number of fused-ring (bicyclic) bond motifs is 6. The van der Waals surface area contributed by atoms with Crippen molar-refractivity contribution in [3.8, 4) is 44.8 Å². The molecule has 2 aromatic heterocycles. The van der Waals surface area contributed by atoms with Gasteiger partial charge < -0.3 is 9.13 Å². The predicted molar refractivity (Wildman–Crippen MR) is 211 cm³/mol. The molecule has 0 saturated heterocycles.